The molecule has 144 valence electrons. The van der Waals surface area contributed by atoms with Crippen LogP contribution in [-0.2, 0) is 11.2 Å². The van der Waals surface area contributed by atoms with E-state index in [0.29, 0.717) is 19.4 Å². The van der Waals surface area contributed by atoms with Crippen molar-refractivity contribution < 1.29 is 19.1 Å². The third-order valence-electron chi connectivity index (χ3n) is 5.92. The fourth-order valence-electron chi connectivity index (χ4n) is 3.94. The highest BCUT2D eigenvalue weighted by molar-refractivity contribution is 5.67. The molecule has 0 atom stereocenters. The fraction of sp³-hybridized carbons (Fsp3) is 0.435. The summed E-state index contributed by atoms with van der Waals surface area (Å²) in [5, 5.41) is 11.1. The number of benzene rings is 2. The summed E-state index contributed by atoms with van der Waals surface area (Å²) in [4.78, 5) is 11.1. The minimum absolute atomic E-state index is 0.277. The Morgan fingerprint density at radius 1 is 1.04 bits per heavy atom. The lowest BCUT2D eigenvalue weighted by molar-refractivity contribution is -0.931. The number of nitrogens with zero attached hydrogens (tertiary/aromatic N) is 1. The van der Waals surface area contributed by atoms with E-state index in [1.807, 2.05) is 18.2 Å². The predicted molar refractivity (Wildman–Crippen MR) is 104 cm³/mol. The van der Waals surface area contributed by atoms with Crippen LogP contribution in [0.3, 0.4) is 0 Å². The van der Waals surface area contributed by atoms with E-state index in [1.165, 1.54) is 11.1 Å². The third kappa shape index (κ3) is 5.33. The van der Waals surface area contributed by atoms with Crippen molar-refractivity contribution in [2.75, 3.05) is 32.8 Å². The van der Waals surface area contributed by atoms with Gasteiger partial charge < -0.3 is 19.1 Å². The fourth-order valence-corrected chi connectivity index (χ4v) is 3.94. The van der Waals surface area contributed by atoms with Gasteiger partial charge in [0.15, 0.2) is 0 Å². The molecule has 4 nitrogen and oxygen atoms in total. The van der Waals surface area contributed by atoms with Crippen LogP contribution in [0.2, 0.25) is 0 Å². The number of likely N-dealkylation sites (N-methyl/N-ethyl adjacent to an activating group) is 1. The first kappa shape index (κ1) is 19.4. The molecule has 1 aliphatic heterocycles. The maximum atomic E-state index is 11.1. The normalized spacial score (nSPS) is 22.3. The Morgan fingerprint density at radius 2 is 1.67 bits per heavy atom. The van der Waals surface area contributed by atoms with Crippen LogP contribution in [0.25, 0.3) is 0 Å². The molecule has 1 fully saturated rings. The first-order valence-corrected chi connectivity index (χ1v) is 9.92. The highest BCUT2D eigenvalue weighted by Gasteiger charge is 2.32. The van der Waals surface area contributed by atoms with Crippen molar-refractivity contribution in [3.63, 3.8) is 0 Å². The highest BCUT2D eigenvalue weighted by Crippen LogP contribution is 2.23. The van der Waals surface area contributed by atoms with Crippen LogP contribution in [0, 0.1) is 5.92 Å². The number of likely N-dealkylation sites (tertiary alicyclic amines) is 1. The summed E-state index contributed by atoms with van der Waals surface area (Å²) in [5.41, 5.74) is 2.58. The quantitative estimate of drug-likeness (QED) is 0.674. The maximum absolute atomic E-state index is 11.1. The Balaban J connectivity index is 1.47. The van der Waals surface area contributed by atoms with Crippen LogP contribution in [0.1, 0.15) is 30.9 Å². The topological polar surface area (TPSA) is 49.4 Å². The Kier molecular flexibility index (Phi) is 6.51. The molecular weight excluding hydrogens is 338 g/mol. The smallest absolute Gasteiger partial charge is 0.137 e. The van der Waals surface area contributed by atoms with Crippen molar-refractivity contribution in [2.45, 2.75) is 26.2 Å². The molecule has 1 saturated heterocycles. The molecule has 27 heavy (non-hydrogen) atoms. The zero-order chi connectivity index (χ0) is 19.1. The van der Waals surface area contributed by atoms with Gasteiger partial charge in [-0.25, -0.2) is 0 Å². The SMILES string of the molecule is CC[N+]1(CCOc2ccc(Cc3ccccc3)cc2)CCC(C(=O)[O-])CC1. The summed E-state index contributed by atoms with van der Waals surface area (Å²) < 4.78 is 6.91. The van der Waals surface area contributed by atoms with Crippen LogP contribution < -0.4 is 9.84 Å². The molecule has 0 saturated carbocycles. The van der Waals surface area contributed by atoms with E-state index in [0.717, 1.165) is 42.8 Å². The lowest BCUT2D eigenvalue weighted by Crippen LogP contribution is -2.56. The first-order chi connectivity index (χ1) is 13.1. The average Bonchev–Trinajstić information content (AvgIpc) is 2.70. The summed E-state index contributed by atoms with van der Waals surface area (Å²) in [6.45, 7) is 6.56. The van der Waals surface area contributed by atoms with Crippen LogP contribution >= 0.6 is 0 Å². The molecule has 3 rings (SSSR count). The van der Waals surface area contributed by atoms with E-state index < -0.39 is 5.97 Å². The van der Waals surface area contributed by atoms with Gasteiger partial charge in [-0.1, -0.05) is 42.5 Å². The lowest BCUT2D eigenvalue weighted by atomic mass is 9.95. The number of aliphatic carboxylic acids is 1. The summed E-state index contributed by atoms with van der Waals surface area (Å²) in [6.07, 6.45) is 2.35. The van der Waals surface area contributed by atoms with Crippen molar-refractivity contribution in [3.8, 4) is 5.75 Å². The standard InChI is InChI=1S/C23H29NO3/c1-2-24(14-12-21(13-15-24)23(25)26)16-17-27-22-10-8-20(9-11-22)18-19-6-4-3-5-7-19/h3-11,21H,2,12-18H2,1H3. The van der Waals surface area contributed by atoms with E-state index >= 15 is 0 Å². The van der Waals surface area contributed by atoms with E-state index in [-0.39, 0.29) is 5.92 Å². The minimum Gasteiger partial charge on any atom is -0.550 e. The zero-order valence-corrected chi connectivity index (χ0v) is 16.1. The van der Waals surface area contributed by atoms with Gasteiger partial charge in [-0.3, -0.25) is 0 Å². The highest BCUT2D eigenvalue weighted by atomic mass is 16.5. The van der Waals surface area contributed by atoms with Crippen molar-refractivity contribution in [3.05, 3.63) is 65.7 Å². The van der Waals surface area contributed by atoms with Crippen molar-refractivity contribution in [1.82, 2.24) is 0 Å². The van der Waals surface area contributed by atoms with Gasteiger partial charge >= 0.3 is 0 Å². The minimum atomic E-state index is -0.893. The second-order valence-corrected chi connectivity index (χ2v) is 7.58. The molecule has 0 amide bonds. The molecule has 2 aromatic rings. The largest absolute Gasteiger partial charge is 0.550 e. The Morgan fingerprint density at radius 3 is 2.26 bits per heavy atom. The monoisotopic (exact) mass is 367 g/mol. The number of hydrogen-bond acceptors (Lipinski definition) is 3. The zero-order valence-electron chi connectivity index (χ0n) is 16.1. The molecule has 0 aliphatic carbocycles. The summed E-state index contributed by atoms with van der Waals surface area (Å²) in [7, 11) is 0. The van der Waals surface area contributed by atoms with Crippen LogP contribution in [0.4, 0.5) is 0 Å². The number of ether oxygens (including phenoxy) is 1. The number of carboxylic acid groups (broad SMARTS) is 1. The number of carbonyl (C=O) groups excluding carboxylic acids is 1. The number of quaternary nitrogens is 1. The van der Waals surface area contributed by atoms with Gasteiger partial charge in [0.1, 0.15) is 18.9 Å². The third-order valence-corrected chi connectivity index (χ3v) is 5.92. The molecule has 0 spiro atoms. The van der Waals surface area contributed by atoms with Gasteiger partial charge in [-0.15, -0.1) is 0 Å². The molecule has 1 heterocycles. The second-order valence-electron chi connectivity index (χ2n) is 7.58. The first-order valence-electron chi connectivity index (χ1n) is 9.92. The average molecular weight is 367 g/mol. The molecule has 4 heteroatoms. The van der Waals surface area contributed by atoms with Crippen LogP contribution in [-0.4, -0.2) is 43.2 Å². The lowest BCUT2D eigenvalue weighted by Gasteiger charge is -2.43. The molecule has 1 aliphatic rings. The summed E-state index contributed by atoms with van der Waals surface area (Å²) >= 11 is 0. The van der Waals surface area contributed by atoms with E-state index in [1.54, 1.807) is 0 Å². The number of carbonyl (C=O) groups is 1. The maximum Gasteiger partial charge on any atom is 0.137 e. The van der Waals surface area contributed by atoms with Crippen LogP contribution in [0.15, 0.2) is 54.6 Å². The van der Waals surface area contributed by atoms with Crippen LogP contribution in [0.5, 0.6) is 5.75 Å². The van der Waals surface area contributed by atoms with Gasteiger partial charge in [-0.05, 0) is 36.6 Å². The van der Waals surface area contributed by atoms with Gasteiger partial charge in [0, 0.05) is 24.7 Å². The Bertz CT molecular complexity index is 719. The molecular formula is C23H29NO3. The number of carboxylic acids is 1. The van der Waals surface area contributed by atoms with Gasteiger partial charge in [-0.2, -0.15) is 0 Å². The Hall–Kier alpha value is -2.33. The van der Waals surface area contributed by atoms with E-state index in [2.05, 4.69) is 43.3 Å². The molecule has 0 radical (unpaired) electrons. The van der Waals surface area contributed by atoms with Gasteiger partial charge in [0.05, 0.1) is 19.6 Å². The van der Waals surface area contributed by atoms with Gasteiger partial charge in [0.25, 0.3) is 0 Å². The van der Waals surface area contributed by atoms with E-state index in [9.17, 15) is 9.90 Å². The number of rotatable bonds is 8. The molecule has 0 bridgehead atoms. The number of piperidine rings is 1. The molecule has 0 N–H and O–H groups in total. The summed E-state index contributed by atoms with van der Waals surface area (Å²) in [6, 6.07) is 18.8. The van der Waals surface area contributed by atoms with E-state index in [4.69, 9.17) is 4.74 Å². The van der Waals surface area contributed by atoms with Crippen molar-refractivity contribution in [2.24, 2.45) is 5.92 Å². The Labute approximate surface area is 162 Å². The summed E-state index contributed by atoms with van der Waals surface area (Å²) in [5.74, 6) is -0.276. The molecule has 0 aromatic heterocycles. The van der Waals surface area contributed by atoms with Crippen molar-refractivity contribution >= 4 is 5.97 Å². The predicted octanol–water partition coefficient (Wildman–Crippen LogP) is 2.65. The second kappa shape index (κ2) is 9.05. The number of hydrogen-bond donors (Lipinski definition) is 0. The molecule has 0 unspecified atom stereocenters. The van der Waals surface area contributed by atoms with Crippen molar-refractivity contribution in [1.29, 1.82) is 0 Å². The van der Waals surface area contributed by atoms with Gasteiger partial charge in [0.2, 0.25) is 0 Å². The molecule has 2 aromatic carbocycles.